The minimum absolute atomic E-state index is 0.187. The van der Waals surface area contributed by atoms with Crippen LogP contribution in [0.5, 0.6) is 0 Å². The zero-order chi connectivity index (χ0) is 11.8. The maximum Gasteiger partial charge on any atom is 0.164 e. The van der Waals surface area contributed by atoms with Gasteiger partial charge in [-0.15, -0.1) is 0 Å². The number of halogens is 1. The molecule has 0 saturated carbocycles. The summed E-state index contributed by atoms with van der Waals surface area (Å²) in [5.74, 6) is 0.486. The number of aromatic nitrogens is 2. The number of hydrogen-bond acceptors (Lipinski definition) is 2. The van der Waals surface area contributed by atoms with Crippen molar-refractivity contribution in [3.8, 4) is 5.82 Å². The van der Waals surface area contributed by atoms with E-state index >= 15 is 0 Å². The van der Waals surface area contributed by atoms with E-state index in [4.69, 9.17) is 0 Å². The molecule has 0 spiro atoms. The molecule has 2 aromatic heterocycles. The first kappa shape index (κ1) is 10.2. The van der Waals surface area contributed by atoms with Crippen LogP contribution in [-0.4, -0.2) is 15.3 Å². The van der Waals surface area contributed by atoms with Crippen LogP contribution in [-0.2, 0) is 6.42 Å². The Bertz CT molecular complexity index is 572. The lowest BCUT2D eigenvalue weighted by Gasteiger charge is -2.14. The van der Waals surface area contributed by atoms with Gasteiger partial charge >= 0.3 is 0 Å². The van der Waals surface area contributed by atoms with Crippen molar-refractivity contribution in [2.45, 2.75) is 19.3 Å². The molecule has 0 aliphatic heterocycles. The number of hydrogen-bond donors (Lipinski definition) is 0. The smallest absolute Gasteiger partial charge is 0.164 e. The molecule has 17 heavy (non-hydrogen) atoms. The summed E-state index contributed by atoms with van der Waals surface area (Å²) in [5, 5.41) is 0. The number of carbonyl (C=O) groups is 1. The molecule has 0 saturated heterocycles. The zero-order valence-electron chi connectivity index (χ0n) is 9.19. The highest BCUT2D eigenvalue weighted by Gasteiger charge is 2.21. The van der Waals surface area contributed by atoms with Crippen LogP contribution >= 0.6 is 0 Å². The fourth-order valence-electron chi connectivity index (χ4n) is 2.25. The number of fused-ring (bicyclic) bond motifs is 1. The van der Waals surface area contributed by atoms with E-state index in [1.54, 1.807) is 6.07 Å². The van der Waals surface area contributed by atoms with Crippen LogP contribution in [0.1, 0.15) is 28.9 Å². The standard InChI is InChI=1S/C13H11FN2O/c14-9-4-5-13(15-8-9)16-7-6-10-11(16)2-1-3-12(10)17/h4-8H,1-3H2. The highest BCUT2D eigenvalue weighted by atomic mass is 19.1. The van der Waals surface area contributed by atoms with Crippen molar-refractivity contribution < 1.29 is 9.18 Å². The van der Waals surface area contributed by atoms with E-state index in [-0.39, 0.29) is 11.6 Å². The second kappa shape index (κ2) is 3.80. The molecule has 3 rings (SSSR count). The Morgan fingerprint density at radius 2 is 2.12 bits per heavy atom. The predicted molar refractivity (Wildman–Crippen MR) is 60.8 cm³/mol. The molecule has 0 aromatic carbocycles. The number of Topliss-reactive ketones (excluding diaryl/α,β-unsaturated/α-hetero) is 1. The molecule has 2 aromatic rings. The molecule has 3 nitrogen and oxygen atoms in total. The Balaban J connectivity index is 2.10. The van der Waals surface area contributed by atoms with Gasteiger partial charge in [0.2, 0.25) is 0 Å². The van der Waals surface area contributed by atoms with Crippen molar-refractivity contribution in [2.24, 2.45) is 0 Å². The maximum absolute atomic E-state index is 12.8. The van der Waals surface area contributed by atoms with E-state index in [1.165, 1.54) is 12.3 Å². The summed E-state index contributed by atoms with van der Waals surface area (Å²) in [4.78, 5) is 15.7. The molecular formula is C13H11FN2O. The van der Waals surface area contributed by atoms with E-state index < -0.39 is 0 Å². The van der Waals surface area contributed by atoms with E-state index in [1.807, 2.05) is 16.8 Å². The quantitative estimate of drug-likeness (QED) is 0.754. The molecule has 0 amide bonds. The number of carbonyl (C=O) groups excluding carboxylic acids is 1. The molecule has 0 unspecified atom stereocenters. The van der Waals surface area contributed by atoms with Gasteiger partial charge in [0.15, 0.2) is 5.78 Å². The van der Waals surface area contributed by atoms with E-state index in [0.717, 1.165) is 24.1 Å². The molecule has 0 N–H and O–H groups in total. The second-order valence-corrected chi connectivity index (χ2v) is 4.16. The van der Waals surface area contributed by atoms with Crippen molar-refractivity contribution in [3.05, 3.63) is 47.7 Å². The SMILES string of the molecule is O=C1CCCc2c1ccn2-c1ccc(F)cn1. The zero-order valence-corrected chi connectivity index (χ0v) is 9.19. The second-order valence-electron chi connectivity index (χ2n) is 4.16. The fraction of sp³-hybridized carbons (Fsp3) is 0.231. The van der Waals surface area contributed by atoms with Gasteiger partial charge in [0, 0.05) is 23.9 Å². The van der Waals surface area contributed by atoms with Gasteiger partial charge in [-0.2, -0.15) is 0 Å². The predicted octanol–water partition coefficient (Wildman–Crippen LogP) is 2.53. The first-order valence-corrected chi connectivity index (χ1v) is 5.61. The normalized spacial score (nSPS) is 14.8. The summed E-state index contributed by atoms with van der Waals surface area (Å²) in [5.41, 5.74) is 1.77. The van der Waals surface area contributed by atoms with E-state index in [0.29, 0.717) is 12.2 Å². The lowest BCUT2D eigenvalue weighted by Crippen LogP contribution is -2.12. The third-order valence-corrected chi connectivity index (χ3v) is 3.07. The number of pyridine rings is 1. The molecule has 0 bridgehead atoms. The van der Waals surface area contributed by atoms with Crippen LogP contribution in [0.2, 0.25) is 0 Å². The van der Waals surface area contributed by atoms with Crippen molar-refractivity contribution in [3.63, 3.8) is 0 Å². The first-order chi connectivity index (χ1) is 8.25. The van der Waals surface area contributed by atoms with Gasteiger partial charge in [0.05, 0.1) is 6.20 Å². The summed E-state index contributed by atoms with van der Waals surface area (Å²) in [7, 11) is 0. The summed E-state index contributed by atoms with van der Waals surface area (Å²) in [6, 6.07) is 4.82. The minimum Gasteiger partial charge on any atom is -0.305 e. The topological polar surface area (TPSA) is 34.9 Å². The van der Waals surface area contributed by atoms with Crippen LogP contribution in [0.4, 0.5) is 4.39 Å². The minimum atomic E-state index is -0.356. The lowest BCUT2D eigenvalue weighted by molar-refractivity contribution is 0.0972. The number of rotatable bonds is 1. The van der Waals surface area contributed by atoms with Gasteiger partial charge < -0.3 is 4.57 Å². The molecule has 0 atom stereocenters. The fourth-order valence-corrected chi connectivity index (χ4v) is 2.25. The lowest BCUT2D eigenvalue weighted by atomic mass is 9.97. The molecule has 86 valence electrons. The molecule has 0 radical (unpaired) electrons. The maximum atomic E-state index is 12.8. The summed E-state index contributed by atoms with van der Waals surface area (Å²) >= 11 is 0. The van der Waals surface area contributed by atoms with Gasteiger partial charge in [-0.05, 0) is 31.0 Å². The van der Waals surface area contributed by atoms with Crippen LogP contribution < -0.4 is 0 Å². The van der Waals surface area contributed by atoms with Crippen molar-refractivity contribution >= 4 is 5.78 Å². The molecule has 1 aliphatic rings. The Morgan fingerprint density at radius 3 is 2.88 bits per heavy atom. The third-order valence-electron chi connectivity index (χ3n) is 3.07. The Labute approximate surface area is 97.9 Å². The average molecular weight is 230 g/mol. The summed E-state index contributed by atoms with van der Waals surface area (Å²) in [6.07, 6.45) is 5.37. The average Bonchev–Trinajstić information content (AvgIpc) is 2.75. The van der Waals surface area contributed by atoms with Gasteiger partial charge in [-0.1, -0.05) is 0 Å². The first-order valence-electron chi connectivity index (χ1n) is 5.61. The largest absolute Gasteiger partial charge is 0.305 e. The monoisotopic (exact) mass is 230 g/mol. The summed E-state index contributed by atoms with van der Waals surface area (Å²) in [6.45, 7) is 0. The Hall–Kier alpha value is -1.97. The van der Waals surface area contributed by atoms with E-state index in [9.17, 15) is 9.18 Å². The van der Waals surface area contributed by atoms with Gasteiger partial charge in [0.25, 0.3) is 0 Å². The van der Waals surface area contributed by atoms with Crippen LogP contribution in [0.25, 0.3) is 5.82 Å². The van der Waals surface area contributed by atoms with Crippen LogP contribution in [0.15, 0.2) is 30.6 Å². The van der Waals surface area contributed by atoms with Gasteiger partial charge in [-0.3, -0.25) is 4.79 Å². The van der Waals surface area contributed by atoms with Crippen LogP contribution in [0, 0.1) is 5.82 Å². The number of nitrogens with zero attached hydrogens (tertiary/aromatic N) is 2. The van der Waals surface area contributed by atoms with Crippen molar-refractivity contribution in [1.29, 1.82) is 0 Å². The third kappa shape index (κ3) is 1.65. The van der Waals surface area contributed by atoms with Gasteiger partial charge in [0.1, 0.15) is 11.6 Å². The molecule has 0 fully saturated rings. The highest BCUT2D eigenvalue weighted by Crippen LogP contribution is 2.24. The van der Waals surface area contributed by atoms with Gasteiger partial charge in [-0.25, -0.2) is 9.37 Å². The van der Waals surface area contributed by atoms with E-state index in [2.05, 4.69) is 4.98 Å². The summed E-state index contributed by atoms with van der Waals surface area (Å²) < 4.78 is 14.7. The van der Waals surface area contributed by atoms with Crippen LogP contribution in [0.3, 0.4) is 0 Å². The molecule has 4 heteroatoms. The molecule has 1 aliphatic carbocycles. The number of ketones is 1. The molecule has 2 heterocycles. The Kier molecular flexibility index (Phi) is 2.28. The molecular weight excluding hydrogens is 219 g/mol. The highest BCUT2D eigenvalue weighted by molar-refractivity contribution is 5.98. The Morgan fingerprint density at radius 1 is 1.24 bits per heavy atom. The van der Waals surface area contributed by atoms with Crippen molar-refractivity contribution in [1.82, 2.24) is 9.55 Å². The van der Waals surface area contributed by atoms with Crippen molar-refractivity contribution in [2.75, 3.05) is 0 Å².